The van der Waals surface area contributed by atoms with Crippen LogP contribution < -0.4 is 0 Å². The first-order valence-electron chi connectivity index (χ1n) is 12.9. The molecule has 42 heavy (non-hydrogen) atoms. The molecule has 208 valence electrons. The number of hydrogen-bond acceptors (Lipinski definition) is 8. The molecule has 4 aromatic carbocycles. The van der Waals surface area contributed by atoms with Gasteiger partial charge in [-0.25, -0.2) is 0 Å². The molecule has 2 N–H and O–H groups in total. The second-order valence-electron chi connectivity index (χ2n) is 9.46. The Morgan fingerprint density at radius 3 is 1.05 bits per heavy atom. The summed E-state index contributed by atoms with van der Waals surface area (Å²) in [5.74, 6) is -0.415. The topological polar surface area (TPSA) is 109 Å². The van der Waals surface area contributed by atoms with E-state index in [-0.39, 0.29) is 34.6 Å². The van der Waals surface area contributed by atoms with Crippen molar-refractivity contribution in [3.05, 3.63) is 140 Å². The number of phenolic OH excluding ortho intramolecular Hbond substituents is 2. The molecule has 2 aliphatic carbocycles. The van der Waals surface area contributed by atoms with E-state index in [1.54, 1.807) is 111 Å². The number of ketones is 4. The van der Waals surface area contributed by atoms with Crippen LogP contribution in [0.5, 0.6) is 11.5 Å². The molecule has 0 fully saturated rings. The van der Waals surface area contributed by atoms with Crippen molar-refractivity contribution in [1.29, 1.82) is 0 Å². The van der Waals surface area contributed by atoms with Crippen LogP contribution >= 0.6 is 23.5 Å². The number of aromatic hydroxyl groups is 2. The lowest BCUT2D eigenvalue weighted by Gasteiger charge is -2.18. The monoisotopic (exact) mass is 592 g/mol. The zero-order chi connectivity index (χ0) is 30.0. The number of phenols is 2. The van der Waals surface area contributed by atoms with Crippen molar-refractivity contribution in [3.63, 3.8) is 0 Å². The highest BCUT2D eigenvalue weighted by atomic mass is 32.2. The lowest BCUT2D eigenvalue weighted by atomic mass is 9.90. The van der Waals surface area contributed by atoms with Crippen molar-refractivity contribution >= 4 is 46.7 Å². The van der Waals surface area contributed by atoms with E-state index in [0.29, 0.717) is 53.0 Å². The summed E-state index contributed by atoms with van der Waals surface area (Å²) in [6, 6.07) is 27.2. The number of Topliss-reactive ketones (excluding diaryl/α,β-unsaturated/α-hetero) is 4. The summed E-state index contributed by atoms with van der Waals surface area (Å²) in [6.45, 7) is 3.30. The van der Waals surface area contributed by atoms with Gasteiger partial charge in [0.2, 0.25) is 11.6 Å². The molecule has 0 saturated carbocycles. The number of hydrogen-bond donors (Lipinski definition) is 2. The highest BCUT2D eigenvalue weighted by Gasteiger charge is 2.31. The number of carbonyl (C=O) groups is 4. The minimum atomic E-state index is -0.170. The Balaban J connectivity index is 0.000000168. The van der Waals surface area contributed by atoms with Crippen LogP contribution in [0.25, 0.3) is 0 Å². The maximum Gasteiger partial charge on any atom is 0.200 e. The Kier molecular flexibility index (Phi) is 8.29. The Bertz CT molecular complexity index is 1720. The van der Waals surface area contributed by atoms with Gasteiger partial charge in [-0.2, -0.15) is 0 Å². The molecule has 0 aliphatic heterocycles. The summed E-state index contributed by atoms with van der Waals surface area (Å²) in [6.07, 6.45) is 0. The van der Waals surface area contributed by atoms with Crippen LogP contribution in [0.1, 0.15) is 55.3 Å². The van der Waals surface area contributed by atoms with Gasteiger partial charge in [0.25, 0.3) is 0 Å². The fourth-order valence-electron chi connectivity index (χ4n) is 4.51. The number of allylic oxidation sites excluding steroid dienone is 4. The predicted molar refractivity (Wildman–Crippen MR) is 164 cm³/mol. The van der Waals surface area contributed by atoms with Crippen LogP contribution in [0.2, 0.25) is 0 Å². The second kappa shape index (κ2) is 12.1. The number of benzene rings is 4. The molecule has 6 rings (SSSR count). The first-order valence-corrected chi connectivity index (χ1v) is 14.5. The van der Waals surface area contributed by atoms with Crippen LogP contribution in [0.4, 0.5) is 0 Å². The number of thioether (sulfide) groups is 2. The van der Waals surface area contributed by atoms with Crippen molar-refractivity contribution in [3.8, 4) is 11.5 Å². The average Bonchev–Trinajstić information content (AvgIpc) is 3.01. The van der Waals surface area contributed by atoms with Gasteiger partial charge in [-0.05, 0) is 38.1 Å². The smallest absolute Gasteiger partial charge is 0.200 e. The summed E-state index contributed by atoms with van der Waals surface area (Å²) in [7, 11) is 0. The highest BCUT2D eigenvalue weighted by Crippen LogP contribution is 2.41. The Hall–Kier alpha value is -4.66. The highest BCUT2D eigenvalue weighted by molar-refractivity contribution is 8.04. The standard InChI is InChI=1S/2C17H12O3S/c2*1-10-15(19)11-6-2-3-7-12(11)16(20)17(10)21-14-9-5-4-8-13(14)18/h2*2-9,18H,1H3. The van der Waals surface area contributed by atoms with E-state index in [4.69, 9.17) is 0 Å². The minimum absolute atomic E-state index is 0.0990. The van der Waals surface area contributed by atoms with Crippen LogP contribution in [0.15, 0.2) is 128 Å². The normalized spacial score (nSPS) is 14.3. The van der Waals surface area contributed by atoms with E-state index < -0.39 is 0 Å². The third kappa shape index (κ3) is 5.46. The molecular formula is C34H24O6S2. The lowest BCUT2D eigenvalue weighted by molar-refractivity contribution is 0.0981. The Labute approximate surface area is 250 Å². The van der Waals surface area contributed by atoms with Crippen molar-refractivity contribution in [2.24, 2.45) is 0 Å². The SMILES string of the molecule is CC1=C(Sc2ccccc2O)C(=O)c2ccccc2C1=O.CC1=C(Sc2ccccc2O)C(=O)c2ccccc2C1=O. The van der Waals surface area contributed by atoms with Crippen LogP contribution in [-0.4, -0.2) is 33.3 Å². The van der Waals surface area contributed by atoms with Gasteiger partial charge in [0.1, 0.15) is 11.5 Å². The number of fused-ring (bicyclic) bond motifs is 2. The van der Waals surface area contributed by atoms with Crippen LogP contribution in [0, 0.1) is 0 Å². The maximum absolute atomic E-state index is 12.6. The molecule has 0 atom stereocenters. The predicted octanol–water partition coefficient (Wildman–Crippen LogP) is 7.68. The second-order valence-corrected chi connectivity index (χ2v) is 11.6. The summed E-state index contributed by atoms with van der Waals surface area (Å²) in [5.41, 5.74) is 2.58. The largest absolute Gasteiger partial charge is 0.507 e. The lowest BCUT2D eigenvalue weighted by Crippen LogP contribution is -2.19. The average molecular weight is 593 g/mol. The molecule has 0 unspecified atom stereocenters. The summed E-state index contributed by atoms with van der Waals surface area (Å²) in [5, 5.41) is 19.7. The summed E-state index contributed by atoms with van der Waals surface area (Å²) in [4.78, 5) is 51.8. The van der Waals surface area contributed by atoms with Crippen molar-refractivity contribution in [1.82, 2.24) is 0 Å². The molecule has 0 bridgehead atoms. The Morgan fingerprint density at radius 2 is 0.714 bits per heavy atom. The number of carbonyl (C=O) groups excluding carboxylic acids is 4. The van der Waals surface area contributed by atoms with Gasteiger partial charge < -0.3 is 10.2 Å². The molecule has 0 saturated heterocycles. The van der Waals surface area contributed by atoms with Gasteiger partial charge in [0.05, 0.1) is 19.6 Å². The third-order valence-corrected chi connectivity index (χ3v) is 9.28. The van der Waals surface area contributed by atoms with Gasteiger partial charge in [-0.1, -0.05) is 96.3 Å². The number of para-hydroxylation sites is 2. The molecule has 8 heteroatoms. The van der Waals surface area contributed by atoms with E-state index in [2.05, 4.69) is 0 Å². The van der Waals surface area contributed by atoms with E-state index in [1.165, 1.54) is 0 Å². The first-order chi connectivity index (χ1) is 20.2. The third-order valence-electron chi connectivity index (χ3n) is 6.76. The molecule has 0 amide bonds. The van der Waals surface area contributed by atoms with Crippen molar-refractivity contribution in [2.45, 2.75) is 23.6 Å². The molecule has 6 nitrogen and oxygen atoms in total. The quantitative estimate of drug-likeness (QED) is 0.248. The molecule has 0 heterocycles. The molecule has 2 aliphatic rings. The van der Waals surface area contributed by atoms with E-state index >= 15 is 0 Å². The summed E-state index contributed by atoms with van der Waals surface area (Å²) < 4.78 is 0. The summed E-state index contributed by atoms with van der Waals surface area (Å²) >= 11 is 2.27. The molecule has 0 spiro atoms. The molecule has 4 aromatic rings. The van der Waals surface area contributed by atoms with Gasteiger partial charge >= 0.3 is 0 Å². The fraction of sp³-hybridized carbons (Fsp3) is 0.0588. The van der Waals surface area contributed by atoms with Crippen molar-refractivity contribution < 1.29 is 29.4 Å². The van der Waals surface area contributed by atoms with Gasteiger partial charge in [-0.3, -0.25) is 19.2 Å². The zero-order valence-electron chi connectivity index (χ0n) is 22.6. The minimum Gasteiger partial charge on any atom is -0.507 e. The number of rotatable bonds is 4. The van der Waals surface area contributed by atoms with Crippen molar-refractivity contribution in [2.75, 3.05) is 0 Å². The van der Waals surface area contributed by atoms with E-state index in [0.717, 1.165) is 23.5 Å². The van der Waals surface area contributed by atoms with E-state index in [9.17, 15) is 29.4 Å². The Morgan fingerprint density at radius 1 is 0.429 bits per heavy atom. The van der Waals surface area contributed by atoms with Gasteiger partial charge in [0.15, 0.2) is 11.6 Å². The maximum atomic E-state index is 12.6. The van der Waals surface area contributed by atoms with Gasteiger partial charge in [0, 0.05) is 33.4 Å². The first kappa shape index (κ1) is 28.9. The molecule has 0 radical (unpaired) electrons. The molecular weight excluding hydrogens is 569 g/mol. The van der Waals surface area contributed by atoms with Gasteiger partial charge in [-0.15, -0.1) is 0 Å². The fourth-order valence-corrected chi connectivity index (χ4v) is 6.48. The van der Waals surface area contributed by atoms with Crippen LogP contribution in [0.3, 0.4) is 0 Å². The van der Waals surface area contributed by atoms with E-state index in [1.807, 2.05) is 0 Å². The molecule has 0 aromatic heterocycles. The zero-order valence-corrected chi connectivity index (χ0v) is 24.2. The van der Waals surface area contributed by atoms with Crippen LogP contribution in [-0.2, 0) is 0 Å².